The van der Waals surface area contributed by atoms with Crippen LogP contribution in [0.2, 0.25) is 0 Å². The summed E-state index contributed by atoms with van der Waals surface area (Å²) in [6.07, 6.45) is 4.18. The first kappa shape index (κ1) is 29.4. The van der Waals surface area contributed by atoms with Crippen molar-refractivity contribution < 1.29 is 18.0 Å². The molecule has 1 N–H and O–H groups in total. The SMILES string of the molecule is CCCCNC(=O)[C@@H](C)N(CCc1ccccc1)C(=O)CCCN(c1ccc(C)c(C)c1)S(C)(=O)=O. The first-order chi connectivity index (χ1) is 17.0. The predicted octanol–water partition coefficient (Wildman–Crippen LogP) is 4.23. The lowest BCUT2D eigenvalue weighted by Gasteiger charge is -2.29. The fraction of sp³-hybridized carbons (Fsp3) is 0.500. The summed E-state index contributed by atoms with van der Waals surface area (Å²) in [6, 6.07) is 14.8. The molecule has 0 bridgehead atoms. The van der Waals surface area contributed by atoms with Crippen LogP contribution < -0.4 is 9.62 Å². The van der Waals surface area contributed by atoms with E-state index >= 15 is 0 Å². The van der Waals surface area contributed by atoms with Gasteiger partial charge in [-0.05, 0) is 68.9 Å². The van der Waals surface area contributed by atoms with Crippen LogP contribution in [0.4, 0.5) is 5.69 Å². The minimum atomic E-state index is -3.51. The molecule has 8 heteroatoms. The molecule has 0 fully saturated rings. The summed E-state index contributed by atoms with van der Waals surface area (Å²) in [7, 11) is -3.51. The number of nitrogens with one attached hydrogen (secondary N) is 1. The van der Waals surface area contributed by atoms with E-state index in [0.717, 1.165) is 29.5 Å². The molecule has 1 atom stereocenters. The Balaban J connectivity index is 2.10. The number of carbonyl (C=O) groups excluding carboxylic acids is 2. The minimum Gasteiger partial charge on any atom is -0.354 e. The predicted molar refractivity (Wildman–Crippen MR) is 147 cm³/mol. The molecule has 0 heterocycles. The number of benzene rings is 2. The van der Waals surface area contributed by atoms with Crippen LogP contribution in [0.1, 0.15) is 56.2 Å². The van der Waals surface area contributed by atoms with Crippen molar-refractivity contribution in [2.24, 2.45) is 0 Å². The number of sulfonamides is 1. The van der Waals surface area contributed by atoms with E-state index in [1.807, 2.05) is 56.3 Å². The van der Waals surface area contributed by atoms with Gasteiger partial charge in [-0.2, -0.15) is 0 Å². The number of nitrogens with zero attached hydrogens (tertiary/aromatic N) is 2. The maximum Gasteiger partial charge on any atom is 0.242 e. The summed E-state index contributed by atoms with van der Waals surface area (Å²) in [5.74, 6) is -0.324. The van der Waals surface area contributed by atoms with Gasteiger partial charge in [-0.3, -0.25) is 13.9 Å². The maximum atomic E-state index is 13.3. The highest BCUT2D eigenvalue weighted by atomic mass is 32.2. The standard InChI is InChI=1S/C28H41N3O4S/c1-6-7-18-29-28(33)24(4)30(20-17-25-12-9-8-10-13-25)27(32)14-11-19-31(36(5,34)35)26-16-15-22(2)23(3)21-26/h8-10,12-13,15-16,21,24H,6-7,11,14,17-20H2,1-5H3,(H,29,33)/t24-/m1/s1. The molecule has 0 saturated carbocycles. The van der Waals surface area contributed by atoms with Crippen molar-refractivity contribution >= 4 is 27.5 Å². The molecule has 0 aromatic heterocycles. The van der Waals surface area contributed by atoms with E-state index in [0.29, 0.717) is 31.6 Å². The second kappa shape index (κ2) is 14.0. The average Bonchev–Trinajstić information content (AvgIpc) is 2.83. The van der Waals surface area contributed by atoms with Crippen molar-refractivity contribution in [3.8, 4) is 0 Å². The van der Waals surface area contributed by atoms with Crippen LogP contribution in [0, 0.1) is 13.8 Å². The van der Waals surface area contributed by atoms with E-state index in [1.165, 1.54) is 10.6 Å². The van der Waals surface area contributed by atoms with Gasteiger partial charge in [0.05, 0.1) is 11.9 Å². The first-order valence-electron chi connectivity index (χ1n) is 12.7. The Labute approximate surface area is 216 Å². The van der Waals surface area contributed by atoms with E-state index in [9.17, 15) is 18.0 Å². The molecule has 0 saturated heterocycles. The van der Waals surface area contributed by atoms with Crippen LogP contribution in [0.5, 0.6) is 0 Å². The fourth-order valence-electron chi connectivity index (χ4n) is 3.99. The van der Waals surface area contributed by atoms with Crippen molar-refractivity contribution in [1.29, 1.82) is 0 Å². The van der Waals surface area contributed by atoms with E-state index in [-0.39, 0.29) is 24.8 Å². The molecule has 2 amide bonds. The summed E-state index contributed by atoms with van der Waals surface area (Å²) >= 11 is 0. The lowest BCUT2D eigenvalue weighted by atomic mass is 10.1. The van der Waals surface area contributed by atoms with Gasteiger partial charge in [0.1, 0.15) is 6.04 Å². The minimum absolute atomic E-state index is 0.151. The van der Waals surface area contributed by atoms with Gasteiger partial charge in [-0.15, -0.1) is 0 Å². The van der Waals surface area contributed by atoms with Gasteiger partial charge in [-0.1, -0.05) is 49.7 Å². The number of anilines is 1. The largest absolute Gasteiger partial charge is 0.354 e. The third-order valence-electron chi connectivity index (χ3n) is 6.41. The smallest absolute Gasteiger partial charge is 0.242 e. The van der Waals surface area contributed by atoms with Gasteiger partial charge in [-0.25, -0.2) is 8.42 Å². The van der Waals surface area contributed by atoms with E-state index < -0.39 is 16.1 Å². The van der Waals surface area contributed by atoms with Crippen molar-refractivity contribution in [2.75, 3.05) is 30.2 Å². The Morgan fingerprint density at radius 3 is 2.28 bits per heavy atom. The normalized spacial score (nSPS) is 12.1. The molecule has 0 aliphatic rings. The Hall–Kier alpha value is -2.87. The molecule has 2 aromatic rings. The molecular formula is C28H41N3O4S. The zero-order valence-electron chi connectivity index (χ0n) is 22.3. The molecule has 2 rings (SSSR count). The second-order valence-electron chi connectivity index (χ2n) is 9.35. The van der Waals surface area contributed by atoms with Crippen molar-refractivity contribution in [2.45, 2.75) is 65.8 Å². The molecule has 36 heavy (non-hydrogen) atoms. The molecule has 198 valence electrons. The Morgan fingerprint density at radius 1 is 0.972 bits per heavy atom. The third-order valence-corrected chi connectivity index (χ3v) is 7.61. The van der Waals surface area contributed by atoms with Crippen LogP contribution in [-0.2, 0) is 26.0 Å². The Morgan fingerprint density at radius 2 is 1.67 bits per heavy atom. The average molecular weight is 516 g/mol. The third kappa shape index (κ3) is 8.97. The Kier molecular flexibility index (Phi) is 11.4. The van der Waals surface area contributed by atoms with Gasteiger partial charge in [0.25, 0.3) is 0 Å². The highest BCUT2D eigenvalue weighted by molar-refractivity contribution is 7.92. The fourth-order valence-corrected chi connectivity index (χ4v) is 4.95. The van der Waals surface area contributed by atoms with E-state index in [1.54, 1.807) is 17.9 Å². The number of amides is 2. The van der Waals surface area contributed by atoms with Gasteiger partial charge >= 0.3 is 0 Å². The topological polar surface area (TPSA) is 86.8 Å². The lowest BCUT2D eigenvalue weighted by Crippen LogP contribution is -2.49. The van der Waals surface area contributed by atoms with Crippen LogP contribution >= 0.6 is 0 Å². The molecule has 0 unspecified atom stereocenters. The zero-order valence-corrected chi connectivity index (χ0v) is 23.1. The van der Waals surface area contributed by atoms with Crippen molar-refractivity contribution in [1.82, 2.24) is 10.2 Å². The number of rotatable bonds is 14. The van der Waals surface area contributed by atoms with Gasteiger partial charge in [0.2, 0.25) is 21.8 Å². The monoisotopic (exact) mass is 515 g/mol. The van der Waals surface area contributed by atoms with E-state index in [2.05, 4.69) is 12.2 Å². The number of aryl methyl sites for hydroxylation is 2. The molecule has 0 aliphatic carbocycles. The van der Waals surface area contributed by atoms with Gasteiger partial charge in [0, 0.05) is 26.1 Å². The van der Waals surface area contributed by atoms with Crippen LogP contribution in [0.15, 0.2) is 48.5 Å². The number of carbonyl (C=O) groups is 2. The maximum absolute atomic E-state index is 13.3. The summed E-state index contributed by atoms with van der Waals surface area (Å²) in [4.78, 5) is 27.6. The zero-order chi connectivity index (χ0) is 26.7. The molecular weight excluding hydrogens is 474 g/mol. The van der Waals surface area contributed by atoms with Crippen LogP contribution in [0.25, 0.3) is 0 Å². The summed E-state index contributed by atoms with van der Waals surface area (Å²) in [5, 5.41) is 2.92. The molecule has 2 aromatic carbocycles. The highest BCUT2D eigenvalue weighted by Gasteiger charge is 2.26. The number of hydrogen-bond donors (Lipinski definition) is 1. The van der Waals surface area contributed by atoms with Gasteiger partial charge in [0.15, 0.2) is 0 Å². The highest BCUT2D eigenvalue weighted by Crippen LogP contribution is 2.22. The van der Waals surface area contributed by atoms with Crippen molar-refractivity contribution in [3.63, 3.8) is 0 Å². The quantitative estimate of drug-likeness (QED) is 0.382. The number of hydrogen-bond acceptors (Lipinski definition) is 4. The molecule has 0 aliphatic heterocycles. The molecule has 0 radical (unpaired) electrons. The van der Waals surface area contributed by atoms with Gasteiger partial charge < -0.3 is 10.2 Å². The lowest BCUT2D eigenvalue weighted by molar-refractivity contribution is -0.139. The van der Waals surface area contributed by atoms with Crippen LogP contribution in [-0.4, -0.2) is 57.1 Å². The summed E-state index contributed by atoms with van der Waals surface area (Å²) in [6.45, 7) is 8.92. The van der Waals surface area contributed by atoms with Crippen molar-refractivity contribution in [3.05, 3.63) is 65.2 Å². The Bertz CT molecular complexity index is 1100. The summed E-state index contributed by atoms with van der Waals surface area (Å²) < 4.78 is 26.3. The van der Waals surface area contributed by atoms with E-state index in [4.69, 9.17) is 0 Å². The van der Waals surface area contributed by atoms with Crippen LogP contribution in [0.3, 0.4) is 0 Å². The summed E-state index contributed by atoms with van der Waals surface area (Å²) in [5.41, 5.74) is 3.78. The number of unbranched alkanes of at least 4 members (excludes halogenated alkanes) is 1. The molecule has 7 nitrogen and oxygen atoms in total. The molecule has 0 spiro atoms. The second-order valence-corrected chi connectivity index (χ2v) is 11.3. The first-order valence-corrected chi connectivity index (χ1v) is 14.6.